The van der Waals surface area contributed by atoms with Crippen molar-refractivity contribution < 1.29 is 13.2 Å². The van der Waals surface area contributed by atoms with E-state index in [0.717, 1.165) is 21.8 Å². The van der Waals surface area contributed by atoms with Gasteiger partial charge in [-0.15, -0.1) is 11.3 Å². The molecule has 0 amide bonds. The van der Waals surface area contributed by atoms with E-state index in [2.05, 4.69) is 19.9 Å². The first kappa shape index (κ1) is 19.1. The molecule has 4 rings (SSSR count). The maximum Gasteiger partial charge on any atom is 0.397 e. The number of rotatable bonds is 2. The highest BCUT2D eigenvalue weighted by Gasteiger charge is 2.51. The van der Waals surface area contributed by atoms with Gasteiger partial charge in [0.2, 0.25) is 0 Å². The van der Waals surface area contributed by atoms with Crippen LogP contribution in [-0.4, -0.2) is 6.18 Å². The lowest BCUT2D eigenvalue weighted by Crippen LogP contribution is -2.39. The summed E-state index contributed by atoms with van der Waals surface area (Å²) in [5.74, 6) is 0. The van der Waals surface area contributed by atoms with Gasteiger partial charge in [0.05, 0.1) is 21.8 Å². The van der Waals surface area contributed by atoms with Crippen LogP contribution in [0.3, 0.4) is 0 Å². The number of nitrogens with zero attached hydrogens (tertiary/aromatic N) is 1. The summed E-state index contributed by atoms with van der Waals surface area (Å²) in [5.41, 5.74) is 1.53. The lowest BCUT2D eigenvalue weighted by Gasteiger charge is -2.44. The van der Waals surface area contributed by atoms with Gasteiger partial charge >= 0.3 is 6.18 Å². The number of fused-ring (bicyclic) bond motifs is 2. The van der Waals surface area contributed by atoms with Gasteiger partial charge in [0.1, 0.15) is 0 Å². The summed E-state index contributed by atoms with van der Waals surface area (Å²) >= 11 is 1.53. The van der Waals surface area contributed by atoms with E-state index in [0.29, 0.717) is 11.3 Å². The van der Waals surface area contributed by atoms with Crippen molar-refractivity contribution in [2.75, 3.05) is 4.90 Å². The fourth-order valence-corrected chi connectivity index (χ4v) is 4.78. The molecule has 1 aliphatic heterocycles. The molecule has 0 saturated heterocycles. The largest absolute Gasteiger partial charge is 0.397 e. The normalized spacial score (nSPS) is 15.9. The van der Waals surface area contributed by atoms with Crippen molar-refractivity contribution >= 4 is 27.7 Å². The molecule has 0 aliphatic carbocycles. The van der Waals surface area contributed by atoms with E-state index in [1.54, 1.807) is 12.1 Å². The third-order valence-corrected chi connectivity index (χ3v) is 6.71. The van der Waals surface area contributed by atoms with Crippen LogP contribution in [0, 0.1) is 0 Å². The van der Waals surface area contributed by atoms with Crippen molar-refractivity contribution in [1.82, 2.24) is 0 Å². The molecule has 1 aromatic heterocycles. The van der Waals surface area contributed by atoms with Crippen molar-refractivity contribution in [3.8, 4) is 0 Å². The molecule has 2 aromatic carbocycles. The number of benzene rings is 2. The van der Waals surface area contributed by atoms with E-state index in [-0.39, 0.29) is 0 Å². The second kappa shape index (κ2) is 6.11. The molecule has 0 radical (unpaired) electrons. The average Bonchev–Trinajstić information content (AvgIpc) is 3.15. The van der Waals surface area contributed by atoms with Crippen molar-refractivity contribution in [2.45, 2.75) is 44.7 Å². The van der Waals surface area contributed by atoms with E-state index >= 15 is 0 Å². The van der Waals surface area contributed by atoms with Gasteiger partial charge in [0.25, 0.3) is 0 Å². The Morgan fingerprint density at radius 2 is 1.54 bits per heavy atom. The van der Waals surface area contributed by atoms with Crippen LogP contribution in [0.2, 0.25) is 0 Å². The van der Waals surface area contributed by atoms with Gasteiger partial charge in [-0.3, -0.25) is 0 Å². The highest BCUT2D eigenvalue weighted by Crippen LogP contribution is 2.56. The smallest absolute Gasteiger partial charge is 0.301 e. The predicted molar refractivity (Wildman–Crippen MR) is 110 cm³/mol. The van der Waals surface area contributed by atoms with Crippen LogP contribution < -0.4 is 4.90 Å². The molecule has 0 unspecified atom stereocenters. The van der Waals surface area contributed by atoms with Gasteiger partial charge in [0, 0.05) is 5.41 Å². The topological polar surface area (TPSA) is 3.24 Å². The zero-order chi connectivity index (χ0) is 20.3. The third kappa shape index (κ3) is 2.60. The summed E-state index contributed by atoms with van der Waals surface area (Å²) < 4.78 is 42.1. The maximum atomic E-state index is 14.0. The molecule has 3 aromatic rings. The van der Waals surface area contributed by atoms with Gasteiger partial charge in [-0.05, 0) is 54.1 Å². The predicted octanol–water partition coefficient (Wildman–Crippen LogP) is 7.70. The first-order valence-electron chi connectivity index (χ1n) is 9.20. The number of hydrogen-bond acceptors (Lipinski definition) is 2. The molecule has 0 atom stereocenters. The summed E-state index contributed by atoms with van der Waals surface area (Å²) in [6, 6.07) is 17.2. The standard InChI is InChI=1S/C23H22F3NS/c1-21(2)15-9-5-6-12-18(15)27(19-13-8-14-28-19)20-16(21)10-7-11-17(20)22(3,4)23(24,25)26/h5-14H,1-4H3. The molecule has 0 fully saturated rings. The number of para-hydroxylation sites is 2. The van der Waals surface area contributed by atoms with Crippen molar-refractivity contribution in [3.63, 3.8) is 0 Å². The molecule has 0 spiro atoms. The van der Waals surface area contributed by atoms with Gasteiger partial charge in [-0.2, -0.15) is 13.2 Å². The quantitative estimate of drug-likeness (QED) is 0.425. The molecular formula is C23H22F3NS. The van der Waals surface area contributed by atoms with Gasteiger partial charge in [-0.1, -0.05) is 50.2 Å². The first-order valence-corrected chi connectivity index (χ1v) is 10.1. The number of hydrogen-bond donors (Lipinski definition) is 0. The van der Waals surface area contributed by atoms with Crippen LogP contribution in [-0.2, 0) is 10.8 Å². The SMILES string of the molecule is CC1(C)c2ccccc2N(c2cccs2)c2c1cccc2C(C)(C)C(F)(F)F. The van der Waals surface area contributed by atoms with Crippen molar-refractivity contribution in [2.24, 2.45) is 0 Å². The van der Waals surface area contributed by atoms with Crippen LogP contribution >= 0.6 is 11.3 Å². The Morgan fingerprint density at radius 1 is 0.857 bits per heavy atom. The Morgan fingerprint density at radius 3 is 2.18 bits per heavy atom. The Hall–Kier alpha value is -2.27. The van der Waals surface area contributed by atoms with Gasteiger partial charge < -0.3 is 4.90 Å². The second-order valence-electron chi connectivity index (χ2n) is 8.25. The Balaban J connectivity index is 2.11. The zero-order valence-corrected chi connectivity index (χ0v) is 17.1. The minimum absolute atomic E-state index is 0.300. The van der Waals surface area contributed by atoms with E-state index < -0.39 is 17.0 Å². The van der Waals surface area contributed by atoms with Gasteiger partial charge in [0.15, 0.2) is 0 Å². The lowest BCUT2D eigenvalue weighted by molar-refractivity contribution is -0.180. The van der Waals surface area contributed by atoms with E-state index in [4.69, 9.17) is 0 Å². The molecule has 1 aliphatic rings. The summed E-state index contributed by atoms with van der Waals surface area (Å²) in [7, 11) is 0. The summed E-state index contributed by atoms with van der Waals surface area (Å²) in [4.78, 5) is 2.00. The van der Waals surface area contributed by atoms with Crippen LogP contribution in [0.25, 0.3) is 0 Å². The van der Waals surface area contributed by atoms with E-state index in [1.165, 1.54) is 25.2 Å². The molecule has 146 valence electrons. The van der Waals surface area contributed by atoms with Crippen LogP contribution in [0.4, 0.5) is 29.5 Å². The summed E-state index contributed by atoms with van der Waals surface area (Å²) in [5, 5.41) is 2.86. The molecule has 1 nitrogen and oxygen atoms in total. The van der Waals surface area contributed by atoms with Crippen LogP contribution in [0.1, 0.15) is 44.4 Å². The number of alkyl halides is 3. The van der Waals surface area contributed by atoms with E-state index in [9.17, 15) is 13.2 Å². The molecular weight excluding hydrogens is 379 g/mol. The summed E-state index contributed by atoms with van der Waals surface area (Å²) in [6.45, 7) is 6.70. The average molecular weight is 401 g/mol. The third-order valence-electron chi connectivity index (χ3n) is 5.86. The molecule has 0 bridgehead atoms. The number of halogens is 3. The second-order valence-corrected chi connectivity index (χ2v) is 9.18. The van der Waals surface area contributed by atoms with Crippen molar-refractivity contribution in [1.29, 1.82) is 0 Å². The minimum atomic E-state index is -4.36. The summed E-state index contributed by atoms with van der Waals surface area (Å²) in [6.07, 6.45) is -4.36. The van der Waals surface area contributed by atoms with Gasteiger partial charge in [-0.25, -0.2) is 0 Å². The molecule has 0 N–H and O–H groups in total. The zero-order valence-electron chi connectivity index (χ0n) is 16.3. The van der Waals surface area contributed by atoms with Crippen molar-refractivity contribution in [3.05, 3.63) is 76.7 Å². The lowest BCUT2D eigenvalue weighted by atomic mass is 9.70. The molecule has 5 heteroatoms. The van der Waals surface area contributed by atoms with Crippen LogP contribution in [0.15, 0.2) is 60.0 Å². The molecule has 2 heterocycles. The Kier molecular flexibility index (Phi) is 4.16. The number of thiophene rings is 1. The fourth-order valence-electron chi connectivity index (χ4n) is 4.03. The molecule has 0 saturated carbocycles. The maximum absolute atomic E-state index is 14.0. The van der Waals surface area contributed by atoms with Crippen LogP contribution in [0.5, 0.6) is 0 Å². The highest BCUT2D eigenvalue weighted by molar-refractivity contribution is 7.14. The Bertz CT molecular complexity index is 1020. The molecule has 28 heavy (non-hydrogen) atoms. The highest BCUT2D eigenvalue weighted by atomic mass is 32.1. The fraction of sp³-hybridized carbons (Fsp3) is 0.304. The minimum Gasteiger partial charge on any atom is -0.301 e. The first-order chi connectivity index (χ1) is 13.1. The number of anilines is 3. The Labute approximate surface area is 167 Å². The monoisotopic (exact) mass is 401 g/mol. The van der Waals surface area contributed by atoms with E-state index in [1.807, 2.05) is 46.7 Å².